The van der Waals surface area contributed by atoms with E-state index in [2.05, 4.69) is 10.6 Å². The zero-order chi connectivity index (χ0) is 29.2. The number of unbranched alkanes of at least 4 members (excludes halogenated alkanes) is 1. The van der Waals surface area contributed by atoms with E-state index in [1.165, 1.54) is 18.9 Å². The summed E-state index contributed by atoms with van der Waals surface area (Å²) in [6, 6.07) is 11.1. The number of benzene rings is 2. The van der Waals surface area contributed by atoms with Gasteiger partial charge in [-0.15, -0.1) is 0 Å². The number of aryl methyl sites for hydroxylation is 2. The maximum Gasteiger partial charge on any atom is 0.340 e. The van der Waals surface area contributed by atoms with E-state index in [1.54, 1.807) is 26.0 Å². The summed E-state index contributed by atoms with van der Waals surface area (Å²) in [4.78, 5) is 50.8. The molecular formula is C30H36N2O7S. The minimum atomic E-state index is -1.15. The third-order valence-electron chi connectivity index (χ3n) is 6.72. The third kappa shape index (κ3) is 7.88. The first kappa shape index (κ1) is 30.7. The fraction of sp³-hybridized carbons (Fsp3) is 0.400. The van der Waals surface area contributed by atoms with E-state index >= 15 is 0 Å². The van der Waals surface area contributed by atoms with Crippen molar-refractivity contribution in [2.45, 2.75) is 64.3 Å². The number of fused-ring (bicyclic) bond motifs is 1. The molecule has 2 aromatic carbocycles. The maximum atomic E-state index is 13.1. The second-order valence-corrected chi connectivity index (χ2v) is 10.6. The lowest BCUT2D eigenvalue weighted by Gasteiger charge is -2.21. The number of methoxy groups -OCH3 is 1. The van der Waals surface area contributed by atoms with Crippen LogP contribution in [0.4, 0.5) is 0 Å². The largest absolute Gasteiger partial charge is 0.496 e. The summed E-state index contributed by atoms with van der Waals surface area (Å²) in [5, 5.41) is 15.7. The van der Waals surface area contributed by atoms with Gasteiger partial charge in [0.05, 0.1) is 19.1 Å². The van der Waals surface area contributed by atoms with Crippen molar-refractivity contribution < 1.29 is 28.6 Å². The van der Waals surface area contributed by atoms with Crippen LogP contribution in [0.3, 0.4) is 0 Å². The smallest absolute Gasteiger partial charge is 0.340 e. The molecule has 0 bridgehead atoms. The number of nitrogens with one attached hydrogen (secondary N) is 2. The van der Waals surface area contributed by atoms with Gasteiger partial charge < -0.3 is 24.9 Å². The molecule has 0 fully saturated rings. The number of amides is 2. The Morgan fingerprint density at radius 2 is 1.75 bits per heavy atom. The third-order valence-corrected chi connectivity index (χ3v) is 7.83. The summed E-state index contributed by atoms with van der Waals surface area (Å²) in [6.07, 6.45) is 1.49. The van der Waals surface area contributed by atoms with Crippen LogP contribution in [-0.4, -0.2) is 47.8 Å². The molecule has 10 heteroatoms. The molecule has 0 spiro atoms. The Morgan fingerprint density at radius 1 is 1.02 bits per heavy atom. The van der Waals surface area contributed by atoms with Crippen LogP contribution in [0.15, 0.2) is 51.7 Å². The lowest BCUT2D eigenvalue weighted by molar-refractivity contribution is -0.141. The van der Waals surface area contributed by atoms with Crippen molar-refractivity contribution in [1.29, 1.82) is 0 Å². The van der Waals surface area contributed by atoms with Gasteiger partial charge in [-0.2, -0.15) is 11.8 Å². The molecule has 2 amide bonds. The van der Waals surface area contributed by atoms with Gasteiger partial charge in [-0.3, -0.25) is 9.59 Å². The molecule has 3 N–H and O–H groups in total. The van der Waals surface area contributed by atoms with Gasteiger partial charge in [0.25, 0.3) is 0 Å². The number of hydrogen-bond acceptors (Lipinski definition) is 7. The molecule has 3 aromatic rings. The van der Waals surface area contributed by atoms with E-state index < -0.39 is 35.5 Å². The van der Waals surface area contributed by atoms with Crippen LogP contribution in [0.5, 0.6) is 5.75 Å². The quantitative estimate of drug-likeness (QED) is 0.247. The van der Waals surface area contributed by atoms with Crippen molar-refractivity contribution >= 4 is 40.5 Å². The molecule has 0 unspecified atom stereocenters. The Hall–Kier alpha value is -3.79. The number of rotatable bonds is 14. The summed E-state index contributed by atoms with van der Waals surface area (Å²) in [6.45, 7) is 5.49. The predicted octanol–water partition coefficient (Wildman–Crippen LogP) is 4.14. The number of carbonyl (C=O) groups is 3. The highest BCUT2D eigenvalue weighted by molar-refractivity contribution is 7.98. The number of carboxylic acid groups (broad SMARTS) is 1. The van der Waals surface area contributed by atoms with E-state index in [0.29, 0.717) is 46.4 Å². The molecule has 40 heavy (non-hydrogen) atoms. The van der Waals surface area contributed by atoms with Crippen LogP contribution in [0.1, 0.15) is 48.4 Å². The Morgan fingerprint density at radius 3 is 2.40 bits per heavy atom. The SMILES string of the molecule is CCCC[C@@H](NC(=O)Cc1c(C)c2ccc(OC)c(C)c2oc1=O)C(=O)N[C@@H](CSCc1ccccc1)C(=O)O. The Bertz CT molecular complexity index is 1400. The molecule has 0 aliphatic rings. The van der Waals surface area contributed by atoms with Gasteiger partial charge >= 0.3 is 11.6 Å². The monoisotopic (exact) mass is 568 g/mol. The van der Waals surface area contributed by atoms with Crippen LogP contribution >= 0.6 is 11.8 Å². The minimum absolute atomic E-state index is 0.173. The van der Waals surface area contributed by atoms with Crippen molar-refractivity contribution in [3.8, 4) is 5.75 Å². The molecule has 3 rings (SSSR count). The topological polar surface area (TPSA) is 135 Å². The highest BCUT2D eigenvalue weighted by Crippen LogP contribution is 2.29. The Labute approximate surface area is 237 Å². The van der Waals surface area contributed by atoms with E-state index in [0.717, 1.165) is 12.0 Å². The number of thioether (sulfide) groups is 1. The molecule has 1 aromatic heterocycles. The van der Waals surface area contributed by atoms with Gasteiger partial charge in [-0.05, 0) is 43.5 Å². The number of ether oxygens (including phenoxy) is 1. The molecular weight excluding hydrogens is 532 g/mol. The van der Waals surface area contributed by atoms with Crippen LogP contribution in [0.25, 0.3) is 11.0 Å². The summed E-state index contributed by atoms with van der Waals surface area (Å²) in [5.41, 5.74) is 2.32. The number of carboxylic acids is 1. The minimum Gasteiger partial charge on any atom is -0.496 e. The first-order valence-corrected chi connectivity index (χ1v) is 14.4. The second kappa shape index (κ2) is 14.6. The molecule has 0 aliphatic carbocycles. The van der Waals surface area contributed by atoms with Crippen molar-refractivity contribution in [3.05, 3.63) is 75.1 Å². The molecule has 1 heterocycles. The van der Waals surface area contributed by atoms with E-state index in [4.69, 9.17) is 9.15 Å². The lowest BCUT2D eigenvalue weighted by Crippen LogP contribution is -2.52. The van der Waals surface area contributed by atoms with Crippen molar-refractivity contribution in [2.24, 2.45) is 0 Å². The van der Waals surface area contributed by atoms with E-state index in [1.807, 2.05) is 37.3 Å². The first-order chi connectivity index (χ1) is 19.2. The van der Waals surface area contributed by atoms with Gasteiger partial charge in [0.1, 0.15) is 23.4 Å². The van der Waals surface area contributed by atoms with Crippen molar-refractivity contribution in [2.75, 3.05) is 12.9 Å². The fourth-order valence-corrected chi connectivity index (χ4v) is 5.40. The van der Waals surface area contributed by atoms with Crippen molar-refractivity contribution in [1.82, 2.24) is 10.6 Å². The molecule has 9 nitrogen and oxygen atoms in total. The van der Waals surface area contributed by atoms with Crippen LogP contribution in [0.2, 0.25) is 0 Å². The standard InChI is InChI=1S/C30H36N2O7S/c1-5-6-12-23(28(34)32-24(29(35)36)17-40-16-20-10-8-7-9-11-20)31-26(33)15-22-18(2)21-13-14-25(38-4)19(3)27(21)39-30(22)37/h7-11,13-14,23-24H,5-6,12,15-17H2,1-4H3,(H,31,33)(H,32,34)(H,35,36)/t23-,24+/m1/s1. The van der Waals surface area contributed by atoms with Crippen LogP contribution < -0.4 is 21.0 Å². The number of carbonyl (C=O) groups excluding carboxylic acids is 2. The number of hydrogen-bond donors (Lipinski definition) is 3. The van der Waals surface area contributed by atoms with Gasteiger partial charge in [0.15, 0.2) is 0 Å². The van der Waals surface area contributed by atoms with Gasteiger partial charge in [0, 0.05) is 22.5 Å². The molecule has 0 saturated carbocycles. The first-order valence-electron chi connectivity index (χ1n) is 13.2. The average Bonchev–Trinajstić information content (AvgIpc) is 2.93. The number of aliphatic carboxylic acids is 1. The zero-order valence-electron chi connectivity index (χ0n) is 23.2. The van der Waals surface area contributed by atoms with E-state index in [9.17, 15) is 24.3 Å². The van der Waals surface area contributed by atoms with Gasteiger partial charge in [-0.25, -0.2) is 9.59 Å². The van der Waals surface area contributed by atoms with Gasteiger partial charge in [-0.1, -0.05) is 50.1 Å². The predicted molar refractivity (Wildman–Crippen MR) is 156 cm³/mol. The molecule has 0 radical (unpaired) electrons. The molecule has 214 valence electrons. The second-order valence-electron chi connectivity index (χ2n) is 9.60. The van der Waals surface area contributed by atoms with Gasteiger partial charge in [0.2, 0.25) is 11.8 Å². The lowest BCUT2D eigenvalue weighted by atomic mass is 10.0. The molecule has 0 saturated heterocycles. The summed E-state index contributed by atoms with van der Waals surface area (Å²) >= 11 is 1.40. The summed E-state index contributed by atoms with van der Waals surface area (Å²) in [5.74, 6) is -0.877. The van der Waals surface area contributed by atoms with Crippen LogP contribution in [0, 0.1) is 13.8 Å². The van der Waals surface area contributed by atoms with Crippen LogP contribution in [-0.2, 0) is 26.6 Å². The summed E-state index contributed by atoms with van der Waals surface area (Å²) < 4.78 is 10.9. The fourth-order valence-electron chi connectivity index (χ4n) is 4.40. The maximum absolute atomic E-state index is 13.1. The Kier molecular flexibility index (Phi) is 11.2. The highest BCUT2D eigenvalue weighted by atomic mass is 32.2. The molecule has 0 aliphatic heterocycles. The highest BCUT2D eigenvalue weighted by Gasteiger charge is 2.27. The molecule has 2 atom stereocenters. The van der Waals surface area contributed by atoms with Crippen molar-refractivity contribution in [3.63, 3.8) is 0 Å². The normalized spacial score (nSPS) is 12.5. The van der Waals surface area contributed by atoms with E-state index in [-0.39, 0.29) is 17.7 Å². The average molecular weight is 569 g/mol. The summed E-state index contributed by atoms with van der Waals surface area (Å²) in [7, 11) is 1.53. The Balaban J connectivity index is 1.70. The zero-order valence-corrected chi connectivity index (χ0v) is 24.1.